The van der Waals surface area contributed by atoms with Crippen LogP contribution in [-0.4, -0.2) is 14.7 Å². The van der Waals surface area contributed by atoms with Crippen LogP contribution >= 0.6 is 0 Å². The highest BCUT2D eigenvalue weighted by Gasteiger charge is 2.10. The van der Waals surface area contributed by atoms with Crippen LogP contribution in [0.1, 0.15) is 19.4 Å². The smallest absolute Gasteiger partial charge is 0.176 e. The Hall–Kier alpha value is -1.35. The minimum atomic E-state index is -3.14. The molecule has 92 valence electrons. The first kappa shape index (κ1) is 13.7. The summed E-state index contributed by atoms with van der Waals surface area (Å²) < 4.78 is 23.1. The minimum Gasteiger partial charge on any atom is -0.224 e. The second-order valence-corrected chi connectivity index (χ2v) is 5.74. The van der Waals surface area contributed by atoms with E-state index in [9.17, 15) is 8.42 Å². The molecule has 0 radical (unpaired) electrons. The van der Waals surface area contributed by atoms with E-state index in [1.807, 2.05) is 45.0 Å². The lowest BCUT2D eigenvalue weighted by molar-refractivity contribution is 0.602. The summed E-state index contributed by atoms with van der Waals surface area (Å²) in [5.41, 5.74) is 1.13. The third kappa shape index (κ3) is 3.07. The van der Waals surface area contributed by atoms with Gasteiger partial charge < -0.3 is 0 Å². The summed E-state index contributed by atoms with van der Waals surface area (Å²) in [4.78, 5) is 0.403. The van der Waals surface area contributed by atoms with Crippen molar-refractivity contribution in [1.29, 1.82) is 0 Å². The predicted octanol–water partition coefficient (Wildman–Crippen LogP) is 3.58. The van der Waals surface area contributed by atoms with Gasteiger partial charge in [-0.1, -0.05) is 49.7 Å². The molecule has 2 aromatic carbocycles. The lowest BCUT2D eigenvalue weighted by Gasteiger charge is -2.04. The van der Waals surface area contributed by atoms with Crippen LogP contribution in [0.15, 0.2) is 41.3 Å². The van der Waals surface area contributed by atoms with Gasteiger partial charge in [0.1, 0.15) is 0 Å². The molecule has 2 aromatic rings. The lowest BCUT2D eigenvalue weighted by atomic mass is 10.1. The van der Waals surface area contributed by atoms with Crippen LogP contribution in [0.5, 0.6) is 0 Å². The average Bonchev–Trinajstić information content (AvgIpc) is 2.29. The van der Waals surface area contributed by atoms with Crippen molar-refractivity contribution in [1.82, 2.24) is 0 Å². The van der Waals surface area contributed by atoms with E-state index in [-0.39, 0.29) is 0 Å². The SMILES string of the molecule is CC.Cc1ccc2c(S(C)(=O)=O)cccc2c1. The fourth-order valence-electron chi connectivity index (χ4n) is 1.70. The zero-order valence-electron chi connectivity index (χ0n) is 10.7. The highest BCUT2D eigenvalue weighted by Crippen LogP contribution is 2.23. The third-order valence-electron chi connectivity index (χ3n) is 2.40. The number of rotatable bonds is 1. The van der Waals surface area contributed by atoms with Gasteiger partial charge in [-0.05, 0) is 18.4 Å². The molecule has 0 amide bonds. The van der Waals surface area contributed by atoms with Gasteiger partial charge in [0.2, 0.25) is 0 Å². The van der Waals surface area contributed by atoms with Crippen LogP contribution in [-0.2, 0) is 9.84 Å². The Morgan fingerprint density at radius 2 is 1.65 bits per heavy atom. The maximum atomic E-state index is 11.5. The molecule has 0 saturated carbocycles. The van der Waals surface area contributed by atoms with Gasteiger partial charge in [0.05, 0.1) is 4.90 Å². The van der Waals surface area contributed by atoms with E-state index in [4.69, 9.17) is 0 Å². The van der Waals surface area contributed by atoms with Crippen molar-refractivity contribution < 1.29 is 8.42 Å². The number of benzene rings is 2. The predicted molar refractivity (Wildman–Crippen MR) is 73.1 cm³/mol. The highest BCUT2D eigenvalue weighted by atomic mass is 32.2. The number of sulfone groups is 1. The number of fused-ring (bicyclic) bond motifs is 1. The van der Waals surface area contributed by atoms with Gasteiger partial charge >= 0.3 is 0 Å². The van der Waals surface area contributed by atoms with Crippen molar-refractivity contribution in [3.05, 3.63) is 42.0 Å². The van der Waals surface area contributed by atoms with Gasteiger partial charge in [0.25, 0.3) is 0 Å². The van der Waals surface area contributed by atoms with Crippen molar-refractivity contribution in [3.8, 4) is 0 Å². The van der Waals surface area contributed by atoms with Crippen LogP contribution in [0.2, 0.25) is 0 Å². The summed E-state index contributed by atoms with van der Waals surface area (Å²) in [5.74, 6) is 0. The third-order valence-corrected chi connectivity index (χ3v) is 3.55. The summed E-state index contributed by atoms with van der Waals surface area (Å²) in [5, 5.41) is 1.77. The molecule has 0 atom stereocenters. The Kier molecular flexibility index (Phi) is 4.29. The molecule has 17 heavy (non-hydrogen) atoms. The molecule has 2 nitrogen and oxygen atoms in total. The maximum Gasteiger partial charge on any atom is 0.176 e. The molecule has 3 heteroatoms. The summed E-state index contributed by atoms with van der Waals surface area (Å²) in [6.07, 6.45) is 1.24. The van der Waals surface area contributed by atoms with E-state index in [0.717, 1.165) is 16.3 Å². The van der Waals surface area contributed by atoms with Gasteiger partial charge in [-0.25, -0.2) is 8.42 Å². The Bertz CT molecular complexity index is 613. The Balaban J connectivity index is 0.000000686. The second-order valence-electron chi connectivity index (χ2n) is 3.75. The molecule has 0 fully saturated rings. The zero-order valence-corrected chi connectivity index (χ0v) is 11.5. The van der Waals surface area contributed by atoms with Gasteiger partial charge in [-0.15, -0.1) is 0 Å². The molecule has 0 saturated heterocycles. The number of hydrogen-bond donors (Lipinski definition) is 0. The second kappa shape index (κ2) is 5.32. The standard InChI is InChI=1S/C12H12O2S.C2H6/c1-9-6-7-11-10(8-9)4-3-5-12(11)15(2,13)14;1-2/h3-8H,1-2H3;1-2H3. The summed E-state index contributed by atoms with van der Waals surface area (Å²) >= 11 is 0. The van der Waals surface area contributed by atoms with E-state index in [1.54, 1.807) is 12.1 Å². The fourth-order valence-corrected chi connectivity index (χ4v) is 2.61. The fraction of sp³-hybridized carbons (Fsp3) is 0.286. The van der Waals surface area contributed by atoms with E-state index in [0.29, 0.717) is 4.90 Å². The van der Waals surface area contributed by atoms with E-state index in [2.05, 4.69) is 0 Å². The Morgan fingerprint density at radius 3 is 2.24 bits per heavy atom. The molecule has 0 unspecified atom stereocenters. The average molecular weight is 250 g/mol. The van der Waals surface area contributed by atoms with E-state index < -0.39 is 9.84 Å². The minimum absolute atomic E-state index is 0.403. The summed E-state index contributed by atoms with van der Waals surface area (Å²) in [6.45, 7) is 5.99. The lowest BCUT2D eigenvalue weighted by Crippen LogP contribution is -1.97. The number of aryl methyl sites for hydroxylation is 1. The van der Waals surface area contributed by atoms with Crippen molar-refractivity contribution in [3.63, 3.8) is 0 Å². The Labute approximate surface area is 103 Å². The number of hydrogen-bond acceptors (Lipinski definition) is 2. The van der Waals surface area contributed by atoms with E-state index in [1.165, 1.54) is 6.26 Å². The molecule has 2 rings (SSSR count). The monoisotopic (exact) mass is 250 g/mol. The van der Waals surface area contributed by atoms with Gasteiger partial charge in [-0.2, -0.15) is 0 Å². The molecule has 0 aromatic heterocycles. The van der Waals surface area contributed by atoms with Crippen LogP contribution in [0, 0.1) is 6.92 Å². The van der Waals surface area contributed by atoms with Crippen LogP contribution in [0.25, 0.3) is 10.8 Å². The molecule has 0 spiro atoms. The molecule has 0 bridgehead atoms. The van der Waals surface area contributed by atoms with Gasteiger partial charge in [0.15, 0.2) is 9.84 Å². The van der Waals surface area contributed by atoms with Crippen molar-refractivity contribution in [2.75, 3.05) is 6.26 Å². The quantitative estimate of drug-likeness (QED) is 0.775. The first-order valence-corrected chi connectivity index (χ1v) is 7.57. The molecule has 0 N–H and O–H groups in total. The zero-order chi connectivity index (χ0) is 13.1. The topological polar surface area (TPSA) is 34.1 Å². The normalized spacial score (nSPS) is 10.8. The van der Waals surface area contributed by atoms with Crippen molar-refractivity contribution in [2.24, 2.45) is 0 Å². The molecule has 0 aliphatic rings. The van der Waals surface area contributed by atoms with Crippen molar-refractivity contribution >= 4 is 20.6 Å². The first-order valence-electron chi connectivity index (χ1n) is 5.68. The molecule has 0 heterocycles. The van der Waals surface area contributed by atoms with Gasteiger partial charge in [0, 0.05) is 11.6 Å². The maximum absolute atomic E-state index is 11.5. The van der Waals surface area contributed by atoms with Crippen LogP contribution in [0.3, 0.4) is 0 Å². The molecule has 0 aliphatic heterocycles. The highest BCUT2D eigenvalue weighted by molar-refractivity contribution is 7.91. The Morgan fingerprint density at radius 1 is 1.00 bits per heavy atom. The molecular weight excluding hydrogens is 232 g/mol. The van der Waals surface area contributed by atoms with E-state index >= 15 is 0 Å². The largest absolute Gasteiger partial charge is 0.224 e. The summed E-state index contributed by atoms with van der Waals surface area (Å²) in [6, 6.07) is 11.1. The summed E-state index contributed by atoms with van der Waals surface area (Å²) in [7, 11) is -3.14. The van der Waals surface area contributed by atoms with Crippen molar-refractivity contribution in [2.45, 2.75) is 25.7 Å². The van der Waals surface area contributed by atoms with Crippen LogP contribution in [0.4, 0.5) is 0 Å². The molecular formula is C14H18O2S. The molecule has 0 aliphatic carbocycles. The first-order chi connectivity index (χ1) is 7.98. The van der Waals surface area contributed by atoms with Gasteiger partial charge in [-0.3, -0.25) is 0 Å². The van der Waals surface area contributed by atoms with Crippen LogP contribution < -0.4 is 0 Å².